The van der Waals surface area contributed by atoms with Crippen LogP contribution in [0.3, 0.4) is 0 Å². The molecule has 0 radical (unpaired) electrons. The molecule has 6 nitrogen and oxygen atoms in total. The number of hydrogen-bond donors (Lipinski definition) is 1. The summed E-state index contributed by atoms with van der Waals surface area (Å²) in [6.07, 6.45) is 0. The van der Waals surface area contributed by atoms with Crippen LogP contribution >= 0.6 is 0 Å². The zero-order chi connectivity index (χ0) is 18.1. The van der Waals surface area contributed by atoms with Crippen LogP contribution in [0.2, 0.25) is 0 Å². The standard InChI is InChI=1S/C20H19N3O3/c1-13(14-6-4-3-5-7-14)21-20(24)16-11-17(23(2)22-16)15-8-9-18-19(10-15)26-12-25-18/h3-11,13H,12H2,1-2H3,(H,21,24). The van der Waals surface area contributed by atoms with Crippen LogP contribution in [-0.2, 0) is 7.05 Å². The topological polar surface area (TPSA) is 65.4 Å². The average molecular weight is 349 g/mol. The van der Waals surface area contributed by atoms with Crippen LogP contribution in [0, 0.1) is 0 Å². The molecule has 2 aromatic carbocycles. The first kappa shape index (κ1) is 16.2. The minimum atomic E-state index is -0.205. The van der Waals surface area contributed by atoms with Crippen molar-refractivity contribution in [2.24, 2.45) is 7.05 Å². The Kier molecular flexibility index (Phi) is 4.08. The number of rotatable bonds is 4. The van der Waals surface area contributed by atoms with Gasteiger partial charge in [0.05, 0.1) is 11.7 Å². The maximum absolute atomic E-state index is 12.6. The predicted octanol–water partition coefficient (Wildman–Crippen LogP) is 3.31. The molecule has 0 bridgehead atoms. The van der Waals surface area contributed by atoms with E-state index in [9.17, 15) is 4.79 Å². The fraction of sp³-hybridized carbons (Fsp3) is 0.200. The average Bonchev–Trinajstić information content (AvgIpc) is 3.28. The monoisotopic (exact) mass is 349 g/mol. The normalized spacial score (nSPS) is 13.5. The molecule has 0 fully saturated rings. The zero-order valence-electron chi connectivity index (χ0n) is 14.6. The molecule has 0 aliphatic carbocycles. The van der Waals surface area contributed by atoms with Gasteiger partial charge in [0.1, 0.15) is 0 Å². The number of amides is 1. The van der Waals surface area contributed by atoms with Gasteiger partial charge in [-0.15, -0.1) is 0 Å². The second-order valence-corrected chi connectivity index (χ2v) is 6.21. The molecular formula is C20H19N3O3. The lowest BCUT2D eigenvalue weighted by atomic mass is 10.1. The third kappa shape index (κ3) is 3.01. The molecule has 3 aromatic rings. The molecule has 4 rings (SSSR count). The van der Waals surface area contributed by atoms with Gasteiger partial charge in [0, 0.05) is 12.6 Å². The number of ether oxygens (including phenoxy) is 2. The second-order valence-electron chi connectivity index (χ2n) is 6.21. The van der Waals surface area contributed by atoms with Gasteiger partial charge < -0.3 is 14.8 Å². The Bertz CT molecular complexity index is 950. The molecule has 0 saturated heterocycles. The minimum absolute atomic E-state index is 0.0975. The summed E-state index contributed by atoms with van der Waals surface area (Å²) >= 11 is 0. The summed E-state index contributed by atoms with van der Waals surface area (Å²) in [6.45, 7) is 2.18. The molecule has 1 atom stereocenters. The van der Waals surface area contributed by atoms with Crippen LogP contribution in [0.5, 0.6) is 11.5 Å². The number of carbonyl (C=O) groups excluding carboxylic acids is 1. The second kappa shape index (κ2) is 6.55. The van der Waals surface area contributed by atoms with E-state index in [0.29, 0.717) is 11.4 Å². The summed E-state index contributed by atoms with van der Waals surface area (Å²) in [5.41, 5.74) is 3.18. The first-order valence-corrected chi connectivity index (χ1v) is 8.41. The molecular weight excluding hydrogens is 330 g/mol. The van der Waals surface area contributed by atoms with Crippen molar-refractivity contribution < 1.29 is 14.3 Å². The lowest BCUT2D eigenvalue weighted by Crippen LogP contribution is -2.27. The van der Waals surface area contributed by atoms with Crippen LogP contribution in [-0.4, -0.2) is 22.5 Å². The number of nitrogens with zero attached hydrogens (tertiary/aromatic N) is 2. The summed E-state index contributed by atoms with van der Waals surface area (Å²) in [6, 6.07) is 17.2. The fourth-order valence-corrected chi connectivity index (χ4v) is 3.00. The molecule has 1 amide bonds. The highest BCUT2D eigenvalue weighted by Crippen LogP contribution is 2.35. The smallest absolute Gasteiger partial charge is 0.272 e. The molecule has 6 heteroatoms. The van der Waals surface area contributed by atoms with E-state index < -0.39 is 0 Å². The van der Waals surface area contributed by atoms with Gasteiger partial charge in [-0.25, -0.2) is 0 Å². The van der Waals surface area contributed by atoms with Crippen molar-refractivity contribution in [3.63, 3.8) is 0 Å². The maximum Gasteiger partial charge on any atom is 0.272 e. The van der Waals surface area contributed by atoms with E-state index in [0.717, 1.165) is 22.6 Å². The fourth-order valence-electron chi connectivity index (χ4n) is 3.00. The predicted molar refractivity (Wildman–Crippen MR) is 97.1 cm³/mol. The Hall–Kier alpha value is -3.28. The van der Waals surface area contributed by atoms with E-state index in [-0.39, 0.29) is 18.7 Å². The van der Waals surface area contributed by atoms with Gasteiger partial charge in [0.15, 0.2) is 17.2 Å². The van der Waals surface area contributed by atoms with Crippen LogP contribution in [0.4, 0.5) is 0 Å². The molecule has 1 unspecified atom stereocenters. The van der Waals surface area contributed by atoms with Crippen molar-refractivity contribution in [3.05, 3.63) is 65.9 Å². The first-order valence-electron chi connectivity index (χ1n) is 8.41. The Morgan fingerprint density at radius 3 is 2.69 bits per heavy atom. The summed E-state index contributed by atoms with van der Waals surface area (Å²) in [4.78, 5) is 12.6. The minimum Gasteiger partial charge on any atom is -0.454 e. The molecule has 132 valence electrons. The molecule has 0 saturated carbocycles. The highest BCUT2D eigenvalue weighted by atomic mass is 16.7. The van der Waals surface area contributed by atoms with Crippen LogP contribution < -0.4 is 14.8 Å². The van der Waals surface area contributed by atoms with Gasteiger partial charge in [0.25, 0.3) is 5.91 Å². The van der Waals surface area contributed by atoms with E-state index in [1.54, 1.807) is 10.7 Å². The first-order chi connectivity index (χ1) is 12.6. The third-order valence-electron chi connectivity index (χ3n) is 4.43. The molecule has 26 heavy (non-hydrogen) atoms. The van der Waals surface area contributed by atoms with Gasteiger partial charge in [-0.3, -0.25) is 9.48 Å². The maximum atomic E-state index is 12.6. The Morgan fingerprint density at radius 2 is 1.88 bits per heavy atom. The summed E-state index contributed by atoms with van der Waals surface area (Å²) in [5.74, 6) is 1.22. The lowest BCUT2D eigenvalue weighted by molar-refractivity contribution is 0.0934. The molecule has 0 spiro atoms. The number of carbonyl (C=O) groups is 1. The Balaban J connectivity index is 1.55. The molecule has 1 aliphatic heterocycles. The molecule has 2 heterocycles. The van der Waals surface area contributed by atoms with Gasteiger partial charge in [-0.05, 0) is 36.8 Å². The van der Waals surface area contributed by atoms with Crippen molar-refractivity contribution in [1.29, 1.82) is 0 Å². The summed E-state index contributed by atoms with van der Waals surface area (Å²) in [7, 11) is 1.82. The van der Waals surface area contributed by atoms with Crippen molar-refractivity contribution in [1.82, 2.24) is 15.1 Å². The van der Waals surface area contributed by atoms with Crippen LogP contribution in [0.15, 0.2) is 54.6 Å². The van der Waals surface area contributed by atoms with Crippen LogP contribution in [0.25, 0.3) is 11.3 Å². The largest absolute Gasteiger partial charge is 0.454 e. The Morgan fingerprint density at radius 1 is 1.12 bits per heavy atom. The van der Waals surface area contributed by atoms with E-state index >= 15 is 0 Å². The summed E-state index contributed by atoms with van der Waals surface area (Å²) < 4.78 is 12.5. The van der Waals surface area contributed by atoms with E-state index in [4.69, 9.17) is 9.47 Å². The van der Waals surface area contributed by atoms with E-state index in [1.165, 1.54) is 0 Å². The number of aromatic nitrogens is 2. The number of nitrogens with one attached hydrogen (secondary N) is 1. The summed E-state index contributed by atoms with van der Waals surface area (Å²) in [5, 5.41) is 7.35. The van der Waals surface area contributed by atoms with Gasteiger partial charge in [-0.2, -0.15) is 5.10 Å². The zero-order valence-corrected chi connectivity index (χ0v) is 14.6. The van der Waals surface area contributed by atoms with Crippen molar-refractivity contribution >= 4 is 5.91 Å². The molecule has 1 aromatic heterocycles. The van der Waals surface area contributed by atoms with Gasteiger partial charge >= 0.3 is 0 Å². The highest BCUT2D eigenvalue weighted by Gasteiger charge is 2.19. The quantitative estimate of drug-likeness (QED) is 0.785. The van der Waals surface area contributed by atoms with Gasteiger partial charge in [-0.1, -0.05) is 30.3 Å². The molecule has 1 aliphatic rings. The number of benzene rings is 2. The lowest BCUT2D eigenvalue weighted by Gasteiger charge is -2.13. The Labute approximate surface area is 151 Å². The molecule has 1 N–H and O–H groups in total. The number of fused-ring (bicyclic) bond motifs is 1. The van der Waals surface area contributed by atoms with E-state index in [2.05, 4.69) is 10.4 Å². The third-order valence-corrected chi connectivity index (χ3v) is 4.43. The van der Waals surface area contributed by atoms with Crippen molar-refractivity contribution in [2.45, 2.75) is 13.0 Å². The van der Waals surface area contributed by atoms with Crippen LogP contribution in [0.1, 0.15) is 29.0 Å². The van der Waals surface area contributed by atoms with E-state index in [1.807, 2.05) is 62.5 Å². The highest BCUT2D eigenvalue weighted by molar-refractivity contribution is 5.93. The van der Waals surface area contributed by atoms with Crippen molar-refractivity contribution in [3.8, 4) is 22.8 Å². The number of hydrogen-bond acceptors (Lipinski definition) is 4. The van der Waals surface area contributed by atoms with Gasteiger partial charge in [0.2, 0.25) is 6.79 Å². The van der Waals surface area contributed by atoms with Crippen molar-refractivity contribution in [2.75, 3.05) is 6.79 Å². The SMILES string of the molecule is CC(NC(=O)c1cc(-c2ccc3c(c2)OCO3)n(C)n1)c1ccccc1. The number of aryl methyl sites for hydroxylation is 1.